The lowest BCUT2D eigenvalue weighted by Crippen LogP contribution is -2.37. The fraction of sp³-hybridized carbons (Fsp3) is 0.211. The molecule has 0 aliphatic carbocycles. The highest BCUT2D eigenvalue weighted by Gasteiger charge is 2.30. The molecule has 0 aliphatic rings. The zero-order chi connectivity index (χ0) is 20.5. The van der Waals surface area contributed by atoms with Crippen LogP contribution in [0.2, 0.25) is 0 Å². The van der Waals surface area contributed by atoms with Gasteiger partial charge in [0.1, 0.15) is 11.6 Å². The third kappa shape index (κ3) is 4.03. The first-order valence-electron chi connectivity index (χ1n) is 8.36. The average Bonchev–Trinajstić information content (AvgIpc) is 2.63. The molecule has 0 aliphatic heterocycles. The van der Waals surface area contributed by atoms with Gasteiger partial charge in [-0.25, -0.2) is 14.1 Å². The second-order valence-electron chi connectivity index (χ2n) is 6.09. The van der Waals surface area contributed by atoms with Gasteiger partial charge in [-0.2, -0.15) is 13.2 Å². The number of hydrogen-bond acceptors (Lipinski definition) is 3. The molecule has 5 nitrogen and oxygen atoms in total. The lowest BCUT2D eigenvalue weighted by Gasteiger charge is -2.14. The average molecular weight is 393 g/mol. The molecule has 146 valence electrons. The van der Waals surface area contributed by atoms with Crippen molar-refractivity contribution < 1.29 is 22.4 Å². The Hall–Kier alpha value is -3.23. The molecule has 1 amide bonds. The summed E-state index contributed by atoms with van der Waals surface area (Å²) < 4.78 is 52.2. The Labute approximate surface area is 156 Å². The maximum absolute atomic E-state index is 13.4. The van der Waals surface area contributed by atoms with E-state index in [1.54, 1.807) is 6.92 Å². The van der Waals surface area contributed by atoms with E-state index < -0.39 is 29.0 Å². The first kappa shape index (κ1) is 19.5. The second-order valence-corrected chi connectivity index (χ2v) is 6.09. The van der Waals surface area contributed by atoms with Crippen LogP contribution < -0.4 is 11.0 Å². The summed E-state index contributed by atoms with van der Waals surface area (Å²) in [4.78, 5) is 29.1. The van der Waals surface area contributed by atoms with E-state index in [1.165, 1.54) is 18.2 Å². The number of amides is 1. The highest BCUT2D eigenvalue weighted by atomic mass is 19.4. The quantitative estimate of drug-likeness (QED) is 0.691. The van der Waals surface area contributed by atoms with Crippen LogP contribution in [0.1, 0.15) is 23.9 Å². The van der Waals surface area contributed by atoms with E-state index in [9.17, 15) is 27.2 Å². The van der Waals surface area contributed by atoms with Crippen molar-refractivity contribution in [3.63, 3.8) is 0 Å². The van der Waals surface area contributed by atoms with E-state index in [0.717, 1.165) is 28.9 Å². The number of aryl methyl sites for hydroxylation is 1. The fourth-order valence-corrected chi connectivity index (χ4v) is 2.72. The van der Waals surface area contributed by atoms with Gasteiger partial charge in [0.05, 0.1) is 22.9 Å². The van der Waals surface area contributed by atoms with E-state index in [2.05, 4.69) is 10.4 Å². The number of halogens is 4. The van der Waals surface area contributed by atoms with Gasteiger partial charge in [-0.05, 0) is 29.8 Å². The summed E-state index contributed by atoms with van der Waals surface area (Å²) in [5.74, 6) is -0.908. The molecule has 0 atom stereocenters. The summed E-state index contributed by atoms with van der Waals surface area (Å²) in [6.45, 7) is 1.71. The highest BCUT2D eigenvalue weighted by molar-refractivity contribution is 5.86. The summed E-state index contributed by atoms with van der Waals surface area (Å²) in [6.07, 6.45) is -4.39. The minimum atomic E-state index is -4.46. The monoisotopic (exact) mass is 393 g/mol. The molecule has 28 heavy (non-hydrogen) atoms. The molecule has 0 unspecified atom stereocenters. The smallest absolute Gasteiger partial charge is 0.273 e. The largest absolute Gasteiger partial charge is 0.416 e. The number of alkyl halides is 3. The van der Waals surface area contributed by atoms with Crippen molar-refractivity contribution in [3.8, 4) is 0 Å². The van der Waals surface area contributed by atoms with Gasteiger partial charge >= 0.3 is 6.18 Å². The summed E-state index contributed by atoms with van der Waals surface area (Å²) in [5, 5.41) is 0.133. The molecule has 9 heteroatoms. The summed E-state index contributed by atoms with van der Waals surface area (Å²) >= 11 is 0. The van der Waals surface area contributed by atoms with Crippen molar-refractivity contribution in [1.29, 1.82) is 0 Å². The lowest BCUT2D eigenvalue weighted by molar-refractivity contribution is -0.137. The summed E-state index contributed by atoms with van der Waals surface area (Å²) in [6, 6.07) is 7.70. The van der Waals surface area contributed by atoms with Crippen LogP contribution in [0.15, 0.2) is 47.3 Å². The lowest BCUT2D eigenvalue weighted by atomic mass is 10.1. The number of nitrogens with zero attached hydrogens (tertiary/aromatic N) is 2. The van der Waals surface area contributed by atoms with Crippen molar-refractivity contribution in [2.75, 3.05) is 5.43 Å². The van der Waals surface area contributed by atoms with Crippen LogP contribution >= 0.6 is 0 Å². The third-order valence-electron chi connectivity index (χ3n) is 4.10. The number of hydrogen-bond donors (Lipinski definition) is 1. The fourth-order valence-electron chi connectivity index (χ4n) is 2.72. The van der Waals surface area contributed by atoms with Crippen LogP contribution in [0.4, 0.5) is 17.6 Å². The van der Waals surface area contributed by atoms with Gasteiger partial charge in [-0.15, -0.1) is 0 Å². The molecule has 2 aromatic carbocycles. The Morgan fingerprint density at radius 1 is 1.14 bits per heavy atom. The summed E-state index contributed by atoms with van der Waals surface area (Å²) in [7, 11) is 0. The van der Waals surface area contributed by atoms with Crippen LogP contribution in [-0.4, -0.2) is 15.6 Å². The van der Waals surface area contributed by atoms with E-state index in [1.807, 2.05) is 0 Å². The number of fused-ring (bicyclic) bond motifs is 1. The first-order chi connectivity index (χ1) is 13.2. The minimum absolute atomic E-state index is 0.133. The number of rotatable bonds is 4. The molecular weight excluding hydrogens is 378 g/mol. The molecule has 3 aromatic rings. The van der Waals surface area contributed by atoms with Crippen LogP contribution in [0.3, 0.4) is 0 Å². The Balaban J connectivity index is 1.85. The normalized spacial score (nSPS) is 11.6. The molecular formula is C19H15F4N3O2. The van der Waals surface area contributed by atoms with Gasteiger partial charge in [0.15, 0.2) is 0 Å². The zero-order valence-electron chi connectivity index (χ0n) is 14.7. The maximum Gasteiger partial charge on any atom is 0.416 e. The topological polar surface area (TPSA) is 64.0 Å². The molecule has 1 N–H and O–H groups in total. The van der Waals surface area contributed by atoms with Crippen LogP contribution in [0.25, 0.3) is 10.9 Å². The van der Waals surface area contributed by atoms with Crippen molar-refractivity contribution in [3.05, 3.63) is 75.6 Å². The molecule has 0 fully saturated rings. The predicted octanol–water partition coefficient (Wildman–Crippen LogP) is 3.43. The van der Waals surface area contributed by atoms with Gasteiger partial charge in [-0.3, -0.25) is 15.0 Å². The SMILES string of the molecule is CCc1nc2cc(F)ccc2c(=O)n1NC(=O)Cc1ccc(C(F)(F)F)cc1. The molecule has 0 saturated heterocycles. The first-order valence-corrected chi connectivity index (χ1v) is 8.36. The number of carbonyl (C=O) groups is 1. The standard InChI is InChI=1S/C19H15F4N3O2/c1-2-16-24-15-10-13(20)7-8-14(15)18(28)26(16)25-17(27)9-11-3-5-12(6-4-11)19(21,22)23/h3-8,10H,2,9H2,1H3,(H,25,27). The van der Waals surface area contributed by atoms with Crippen molar-refractivity contribution in [2.45, 2.75) is 25.9 Å². The molecule has 1 heterocycles. The maximum atomic E-state index is 13.4. The number of nitrogens with one attached hydrogen (secondary N) is 1. The number of carbonyl (C=O) groups excluding carboxylic acids is 1. The molecule has 1 aromatic heterocycles. The summed E-state index contributed by atoms with van der Waals surface area (Å²) in [5.41, 5.74) is 1.57. The van der Waals surface area contributed by atoms with Crippen molar-refractivity contribution in [1.82, 2.24) is 9.66 Å². The predicted molar refractivity (Wildman–Crippen MR) is 94.9 cm³/mol. The van der Waals surface area contributed by atoms with Gasteiger partial charge in [0.2, 0.25) is 5.91 Å². The molecule has 0 spiro atoms. The van der Waals surface area contributed by atoms with Gasteiger partial charge in [0.25, 0.3) is 5.56 Å². The van der Waals surface area contributed by atoms with Crippen LogP contribution in [0, 0.1) is 5.82 Å². The highest BCUT2D eigenvalue weighted by Crippen LogP contribution is 2.29. The minimum Gasteiger partial charge on any atom is -0.273 e. The van der Waals surface area contributed by atoms with E-state index in [4.69, 9.17) is 0 Å². The van der Waals surface area contributed by atoms with E-state index in [0.29, 0.717) is 12.0 Å². The zero-order valence-corrected chi connectivity index (χ0v) is 14.7. The second kappa shape index (κ2) is 7.41. The molecule has 3 rings (SSSR count). The van der Waals surface area contributed by atoms with Crippen molar-refractivity contribution >= 4 is 16.8 Å². The Bertz CT molecular complexity index is 1090. The van der Waals surface area contributed by atoms with Gasteiger partial charge < -0.3 is 0 Å². The molecule has 0 bridgehead atoms. The van der Waals surface area contributed by atoms with Crippen molar-refractivity contribution in [2.24, 2.45) is 0 Å². The van der Waals surface area contributed by atoms with Crippen LogP contribution in [0.5, 0.6) is 0 Å². The van der Waals surface area contributed by atoms with Gasteiger partial charge in [0, 0.05) is 12.5 Å². The Morgan fingerprint density at radius 2 is 1.82 bits per heavy atom. The Morgan fingerprint density at radius 3 is 2.43 bits per heavy atom. The van der Waals surface area contributed by atoms with E-state index >= 15 is 0 Å². The van der Waals surface area contributed by atoms with Gasteiger partial charge in [-0.1, -0.05) is 19.1 Å². The Kier molecular flexibility index (Phi) is 5.17. The third-order valence-corrected chi connectivity index (χ3v) is 4.10. The number of aromatic nitrogens is 2. The van der Waals surface area contributed by atoms with E-state index in [-0.39, 0.29) is 23.1 Å². The molecule has 0 radical (unpaired) electrons. The van der Waals surface area contributed by atoms with Crippen LogP contribution in [-0.2, 0) is 23.8 Å². The molecule has 0 saturated carbocycles. The number of benzene rings is 2.